The molecular weight excluding hydrogens is 124 g/mol. The Balaban J connectivity index is 3.33. The van der Waals surface area contributed by atoms with Crippen LogP contribution in [0.5, 0.6) is 0 Å². The fourth-order valence-electron chi connectivity index (χ4n) is 0.400. The molecule has 8 heavy (non-hydrogen) atoms. The van der Waals surface area contributed by atoms with Crippen molar-refractivity contribution < 1.29 is 4.79 Å². The van der Waals surface area contributed by atoms with Crippen molar-refractivity contribution in [1.29, 1.82) is 0 Å². The van der Waals surface area contributed by atoms with Crippen molar-refractivity contribution in [3.05, 3.63) is 11.6 Å². The van der Waals surface area contributed by atoms with E-state index in [0.717, 1.165) is 6.42 Å². The van der Waals surface area contributed by atoms with Crippen LogP contribution in [0.2, 0.25) is 0 Å². The van der Waals surface area contributed by atoms with Crippen molar-refractivity contribution in [1.82, 2.24) is 0 Å². The Morgan fingerprint density at radius 3 is 2.75 bits per heavy atom. The molecule has 46 valence electrons. The zero-order chi connectivity index (χ0) is 6.41. The molecule has 0 aromatic heterocycles. The van der Waals surface area contributed by atoms with E-state index in [1.807, 2.05) is 6.92 Å². The summed E-state index contributed by atoms with van der Waals surface area (Å²) in [7, 11) is 0. The molecule has 0 amide bonds. The third kappa shape index (κ3) is 3.88. The first-order chi connectivity index (χ1) is 3.81. The van der Waals surface area contributed by atoms with Gasteiger partial charge in [-0.25, -0.2) is 0 Å². The van der Waals surface area contributed by atoms with E-state index in [1.165, 1.54) is 11.6 Å². The highest BCUT2D eigenvalue weighted by Gasteiger charge is 1.89. The number of ketones is 1. The zero-order valence-corrected chi connectivity index (χ0v) is 5.61. The number of allylic oxidation sites excluding steroid dienone is 1. The first-order valence-electron chi connectivity index (χ1n) is 2.61. The SMILES string of the molecule is CCCC(=O)/C=C\Cl. The van der Waals surface area contributed by atoms with Crippen LogP contribution < -0.4 is 0 Å². The van der Waals surface area contributed by atoms with E-state index in [4.69, 9.17) is 11.6 Å². The van der Waals surface area contributed by atoms with Crippen LogP contribution in [-0.4, -0.2) is 5.78 Å². The molecule has 0 atom stereocenters. The topological polar surface area (TPSA) is 17.1 Å². The smallest absolute Gasteiger partial charge is 0.156 e. The molecule has 0 heterocycles. The van der Waals surface area contributed by atoms with Crippen molar-refractivity contribution in [3.8, 4) is 0 Å². The minimum absolute atomic E-state index is 0.0995. The van der Waals surface area contributed by atoms with Crippen molar-refractivity contribution in [2.45, 2.75) is 19.8 Å². The van der Waals surface area contributed by atoms with Gasteiger partial charge < -0.3 is 0 Å². The van der Waals surface area contributed by atoms with Crippen molar-refractivity contribution in [2.24, 2.45) is 0 Å². The van der Waals surface area contributed by atoms with Gasteiger partial charge in [0.05, 0.1) is 0 Å². The van der Waals surface area contributed by atoms with Gasteiger partial charge in [-0.15, -0.1) is 0 Å². The zero-order valence-electron chi connectivity index (χ0n) is 4.86. The van der Waals surface area contributed by atoms with Gasteiger partial charge in [-0.05, 0) is 12.5 Å². The minimum atomic E-state index is 0.0995. The maximum atomic E-state index is 10.5. The Morgan fingerprint density at radius 2 is 2.38 bits per heavy atom. The standard InChI is InChI=1S/C6H9ClO/c1-2-3-6(8)4-5-7/h4-5H,2-3H2,1H3/b5-4-. The highest BCUT2D eigenvalue weighted by Crippen LogP contribution is 1.90. The molecule has 0 bridgehead atoms. The van der Waals surface area contributed by atoms with E-state index in [2.05, 4.69) is 0 Å². The molecule has 0 radical (unpaired) electrons. The van der Waals surface area contributed by atoms with Gasteiger partial charge in [0.15, 0.2) is 5.78 Å². The average Bonchev–Trinajstić information content (AvgIpc) is 1.68. The average molecular weight is 133 g/mol. The second kappa shape index (κ2) is 4.85. The second-order valence-electron chi connectivity index (χ2n) is 1.51. The number of carbonyl (C=O) groups is 1. The normalized spacial score (nSPS) is 10.2. The quantitative estimate of drug-likeness (QED) is 0.538. The Bertz CT molecular complexity index is 96.7. The monoisotopic (exact) mass is 132 g/mol. The van der Waals surface area contributed by atoms with E-state index in [1.54, 1.807) is 0 Å². The predicted molar refractivity (Wildman–Crippen MR) is 34.9 cm³/mol. The summed E-state index contributed by atoms with van der Waals surface area (Å²) in [5.74, 6) is 0.0995. The van der Waals surface area contributed by atoms with E-state index in [-0.39, 0.29) is 5.78 Å². The lowest BCUT2D eigenvalue weighted by Crippen LogP contribution is -1.88. The summed E-state index contributed by atoms with van der Waals surface area (Å²) in [6.45, 7) is 1.96. The van der Waals surface area contributed by atoms with Crippen LogP contribution in [0.1, 0.15) is 19.8 Å². The van der Waals surface area contributed by atoms with E-state index in [9.17, 15) is 4.79 Å². The molecule has 0 fully saturated rings. The molecule has 0 aliphatic rings. The van der Waals surface area contributed by atoms with Crippen LogP contribution in [0, 0.1) is 0 Å². The summed E-state index contributed by atoms with van der Waals surface area (Å²) >= 11 is 5.13. The molecule has 1 nitrogen and oxygen atoms in total. The second-order valence-corrected chi connectivity index (χ2v) is 1.76. The van der Waals surface area contributed by atoms with Crippen LogP contribution in [0.15, 0.2) is 11.6 Å². The van der Waals surface area contributed by atoms with Crippen LogP contribution in [0.25, 0.3) is 0 Å². The molecule has 0 N–H and O–H groups in total. The van der Waals surface area contributed by atoms with Crippen molar-refractivity contribution in [3.63, 3.8) is 0 Å². The highest BCUT2D eigenvalue weighted by molar-refractivity contribution is 6.26. The molecule has 0 aromatic rings. The molecule has 0 saturated carbocycles. The summed E-state index contributed by atoms with van der Waals surface area (Å²) in [5.41, 5.74) is 1.25. The van der Waals surface area contributed by atoms with E-state index < -0.39 is 0 Å². The highest BCUT2D eigenvalue weighted by atomic mass is 35.5. The van der Waals surface area contributed by atoms with Gasteiger partial charge in [0.25, 0.3) is 0 Å². The van der Waals surface area contributed by atoms with Crippen molar-refractivity contribution >= 4 is 17.4 Å². The Kier molecular flexibility index (Phi) is 4.67. The van der Waals surface area contributed by atoms with Crippen LogP contribution in [0.3, 0.4) is 0 Å². The fourth-order valence-corrected chi connectivity index (χ4v) is 0.541. The Hall–Kier alpha value is -0.300. The molecule has 0 aromatic carbocycles. The third-order valence-electron chi connectivity index (χ3n) is 0.745. The number of carbonyl (C=O) groups excluding carboxylic acids is 1. The summed E-state index contributed by atoms with van der Waals surface area (Å²) < 4.78 is 0. The van der Waals surface area contributed by atoms with Gasteiger partial charge in [-0.3, -0.25) is 4.79 Å². The molecular formula is C6H9ClO. The first-order valence-corrected chi connectivity index (χ1v) is 3.04. The van der Waals surface area contributed by atoms with Gasteiger partial charge in [-0.1, -0.05) is 18.5 Å². The van der Waals surface area contributed by atoms with Gasteiger partial charge in [0.1, 0.15) is 0 Å². The van der Waals surface area contributed by atoms with Gasteiger partial charge in [-0.2, -0.15) is 0 Å². The van der Waals surface area contributed by atoms with Crippen LogP contribution >= 0.6 is 11.6 Å². The Morgan fingerprint density at radius 1 is 1.75 bits per heavy atom. The summed E-state index contributed by atoms with van der Waals surface area (Å²) in [5, 5.41) is 0. The molecule has 0 aliphatic heterocycles. The number of hydrogen-bond acceptors (Lipinski definition) is 1. The lowest BCUT2D eigenvalue weighted by molar-refractivity contribution is -0.114. The summed E-state index contributed by atoms with van der Waals surface area (Å²) in [6.07, 6.45) is 2.87. The molecule has 0 saturated heterocycles. The molecule has 0 spiro atoms. The maximum absolute atomic E-state index is 10.5. The number of halogens is 1. The summed E-state index contributed by atoms with van der Waals surface area (Å²) in [6, 6.07) is 0. The van der Waals surface area contributed by atoms with E-state index in [0.29, 0.717) is 6.42 Å². The third-order valence-corrected chi connectivity index (χ3v) is 0.871. The number of rotatable bonds is 3. The molecule has 0 unspecified atom stereocenters. The Labute approximate surface area is 54.3 Å². The largest absolute Gasteiger partial charge is 0.295 e. The molecule has 2 heteroatoms. The van der Waals surface area contributed by atoms with E-state index >= 15 is 0 Å². The van der Waals surface area contributed by atoms with Crippen LogP contribution in [0.4, 0.5) is 0 Å². The van der Waals surface area contributed by atoms with Gasteiger partial charge >= 0.3 is 0 Å². The lowest BCUT2D eigenvalue weighted by atomic mass is 10.2. The molecule has 0 rings (SSSR count). The van der Waals surface area contributed by atoms with Crippen LogP contribution in [-0.2, 0) is 4.79 Å². The maximum Gasteiger partial charge on any atom is 0.156 e. The first kappa shape index (κ1) is 7.70. The molecule has 0 aliphatic carbocycles. The minimum Gasteiger partial charge on any atom is -0.295 e. The van der Waals surface area contributed by atoms with Gasteiger partial charge in [0, 0.05) is 12.0 Å². The van der Waals surface area contributed by atoms with Crippen molar-refractivity contribution in [2.75, 3.05) is 0 Å². The van der Waals surface area contributed by atoms with Gasteiger partial charge in [0.2, 0.25) is 0 Å². The lowest BCUT2D eigenvalue weighted by Gasteiger charge is -1.84. The summed E-state index contributed by atoms with van der Waals surface area (Å²) in [4.78, 5) is 10.5. The predicted octanol–water partition coefficient (Wildman–Crippen LogP) is 2.11. The fraction of sp³-hybridized carbons (Fsp3) is 0.500. The number of hydrogen-bond donors (Lipinski definition) is 0.